The highest BCUT2D eigenvalue weighted by molar-refractivity contribution is 6.31. The van der Waals surface area contributed by atoms with Gasteiger partial charge in [0.25, 0.3) is 0 Å². The number of halogens is 1. The lowest BCUT2D eigenvalue weighted by Crippen LogP contribution is -2.49. The summed E-state index contributed by atoms with van der Waals surface area (Å²) >= 11 is 6.18. The van der Waals surface area contributed by atoms with E-state index in [1.165, 1.54) is 6.33 Å². The van der Waals surface area contributed by atoms with Crippen LogP contribution in [-0.4, -0.2) is 57.4 Å². The van der Waals surface area contributed by atoms with E-state index in [2.05, 4.69) is 20.3 Å². The van der Waals surface area contributed by atoms with E-state index in [1.54, 1.807) is 4.90 Å². The predicted molar refractivity (Wildman–Crippen MR) is 113 cm³/mol. The van der Waals surface area contributed by atoms with Crippen LogP contribution in [0.2, 0.25) is 5.02 Å². The van der Waals surface area contributed by atoms with Crippen LogP contribution in [0.3, 0.4) is 0 Å². The Bertz CT molecular complexity index is 1080. The van der Waals surface area contributed by atoms with Crippen molar-refractivity contribution in [3.05, 3.63) is 41.2 Å². The molecule has 0 aliphatic carbocycles. The number of rotatable bonds is 4. The molecule has 3 heterocycles. The number of nitrogens with zero attached hydrogens (tertiary/aromatic N) is 6. The molecule has 0 saturated carbocycles. The molecule has 2 aromatic heterocycles. The van der Waals surface area contributed by atoms with Crippen LogP contribution in [-0.2, 0) is 4.79 Å². The molecule has 10 heteroatoms. The Kier molecular flexibility index (Phi) is 5.06. The van der Waals surface area contributed by atoms with E-state index in [4.69, 9.17) is 22.3 Å². The molecule has 3 N–H and O–H groups in total. The van der Waals surface area contributed by atoms with Gasteiger partial charge in [-0.05, 0) is 31.2 Å². The van der Waals surface area contributed by atoms with Crippen LogP contribution in [0.25, 0.3) is 10.9 Å². The van der Waals surface area contributed by atoms with Gasteiger partial charge in [-0.2, -0.15) is 4.98 Å². The number of nitrogen functional groups attached to an aromatic ring is 1. The van der Waals surface area contributed by atoms with Gasteiger partial charge in [0.05, 0.1) is 18.1 Å². The van der Waals surface area contributed by atoms with Gasteiger partial charge in [0.15, 0.2) is 0 Å². The number of anilines is 3. The molecule has 0 bridgehead atoms. The van der Waals surface area contributed by atoms with Crippen LogP contribution in [0.5, 0.6) is 0 Å². The summed E-state index contributed by atoms with van der Waals surface area (Å²) in [6.45, 7) is 3.60. The molecule has 3 aromatic rings. The van der Waals surface area contributed by atoms with Crippen molar-refractivity contribution >= 4 is 46.1 Å². The molecular formula is C19H21ClN8O. The van der Waals surface area contributed by atoms with Crippen molar-refractivity contribution in [2.45, 2.75) is 13.0 Å². The SMILES string of the molecule is C[C@H](Nc1ncnc(N)n1)c1cc2cc(Cl)ccc2nc1N1CCN(C)C(=O)C1. The first kappa shape index (κ1) is 19.1. The smallest absolute Gasteiger partial charge is 0.241 e. The number of carbonyl (C=O) groups is 1. The van der Waals surface area contributed by atoms with Gasteiger partial charge >= 0.3 is 0 Å². The third-order valence-electron chi connectivity index (χ3n) is 4.94. The first-order chi connectivity index (χ1) is 13.9. The summed E-state index contributed by atoms with van der Waals surface area (Å²) < 4.78 is 0. The first-order valence-electron chi connectivity index (χ1n) is 9.21. The molecule has 1 aromatic carbocycles. The van der Waals surface area contributed by atoms with Crippen molar-refractivity contribution in [3.8, 4) is 0 Å². The van der Waals surface area contributed by atoms with Crippen molar-refractivity contribution in [1.29, 1.82) is 0 Å². The number of fused-ring (bicyclic) bond motifs is 1. The van der Waals surface area contributed by atoms with Crippen molar-refractivity contribution in [3.63, 3.8) is 0 Å². The molecule has 9 nitrogen and oxygen atoms in total. The van der Waals surface area contributed by atoms with Crippen molar-refractivity contribution < 1.29 is 4.79 Å². The minimum absolute atomic E-state index is 0.0612. The van der Waals surface area contributed by atoms with Gasteiger partial charge in [0, 0.05) is 36.1 Å². The van der Waals surface area contributed by atoms with Gasteiger partial charge in [-0.15, -0.1) is 0 Å². The lowest BCUT2D eigenvalue weighted by Gasteiger charge is -2.34. The van der Waals surface area contributed by atoms with E-state index in [0.29, 0.717) is 24.1 Å². The Balaban J connectivity index is 1.76. The number of aromatic nitrogens is 4. The Morgan fingerprint density at radius 3 is 2.79 bits per heavy atom. The van der Waals surface area contributed by atoms with Crippen LogP contribution in [0, 0.1) is 0 Å². The summed E-state index contributed by atoms with van der Waals surface area (Å²) in [5, 5.41) is 4.80. The molecule has 150 valence electrons. The number of pyridine rings is 1. The number of amides is 1. The monoisotopic (exact) mass is 412 g/mol. The highest BCUT2D eigenvalue weighted by Gasteiger charge is 2.26. The third-order valence-corrected chi connectivity index (χ3v) is 5.18. The molecule has 29 heavy (non-hydrogen) atoms. The van der Waals surface area contributed by atoms with Gasteiger partial charge in [-0.3, -0.25) is 4.79 Å². The number of hydrogen-bond donors (Lipinski definition) is 2. The normalized spacial score (nSPS) is 15.6. The van der Waals surface area contributed by atoms with Crippen molar-refractivity contribution in [2.75, 3.05) is 42.6 Å². The van der Waals surface area contributed by atoms with Gasteiger partial charge < -0.3 is 20.9 Å². The first-order valence-corrected chi connectivity index (χ1v) is 9.58. The Morgan fingerprint density at radius 1 is 1.21 bits per heavy atom. The van der Waals surface area contributed by atoms with Crippen molar-refractivity contribution in [2.24, 2.45) is 0 Å². The minimum atomic E-state index is -0.197. The summed E-state index contributed by atoms with van der Waals surface area (Å²) in [5.74, 6) is 1.33. The average molecular weight is 413 g/mol. The Labute approximate surface area is 172 Å². The molecule has 0 unspecified atom stereocenters. The maximum atomic E-state index is 12.3. The van der Waals surface area contributed by atoms with E-state index in [0.717, 1.165) is 22.3 Å². The molecule has 0 spiro atoms. The molecule has 1 aliphatic heterocycles. The maximum absolute atomic E-state index is 12.3. The lowest BCUT2D eigenvalue weighted by molar-refractivity contribution is -0.129. The maximum Gasteiger partial charge on any atom is 0.241 e. The zero-order valence-corrected chi connectivity index (χ0v) is 16.9. The number of hydrogen-bond acceptors (Lipinski definition) is 8. The number of carbonyl (C=O) groups excluding carboxylic acids is 1. The van der Waals surface area contributed by atoms with Crippen molar-refractivity contribution in [1.82, 2.24) is 24.8 Å². The average Bonchev–Trinajstić information content (AvgIpc) is 2.69. The molecule has 1 aliphatic rings. The second-order valence-electron chi connectivity index (χ2n) is 7.01. The standard InChI is InChI=1S/C19H21ClN8O/c1-11(24-19-23-10-22-18(21)26-19)14-8-12-7-13(20)3-4-15(12)25-17(14)28-6-5-27(2)16(29)9-28/h3-4,7-8,10-11H,5-6,9H2,1-2H3,(H3,21,22,23,24,26)/t11-/m0/s1. The highest BCUT2D eigenvalue weighted by Crippen LogP contribution is 2.31. The van der Waals surface area contributed by atoms with Crippen LogP contribution in [0.4, 0.5) is 17.7 Å². The van der Waals surface area contributed by atoms with Gasteiger partial charge in [0.1, 0.15) is 12.1 Å². The fourth-order valence-electron chi connectivity index (χ4n) is 3.31. The van der Waals surface area contributed by atoms with E-state index in [9.17, 15) is 4.79 Å². The summed E-state index contributed by atoms with van der Waals surface area (Å²) in [6.07, 6.45) is 1.36. The highest BCUT2D eigenvalue weighted by atomic mass is 35.5. The molecule has 0 radical (unpaired) electrons. The Hall–Kier alpha value is -3.20. The summed E-state index contributed by atoms with van der Waals surface area (Å²) in [5.41, 5.74) is 7.39. The minimum Gasteiger partial charge on any atom is -0.368 e. The van der Waals surface area contributed by atoms with E-state index in [-0.39, 0.29) is 24.4 Å². The summed E-state index contributed by atoms with van der Waals surface area (Å²) in [4.78, 5) is 32.9. The van der Waals surface area contributed by atoms with Crippen LogP contribution in [0.15, 0.2) is 30.6 Å². The van der Waals surface area contributed by atoms with Crippen LogP contribution >= 0.6 is 11.6 Å². The number of piperazine rings is 1. The van der Waals surface area contributed by atoms with Gasteiger partial charge in [-0.25, -0.2) is 15.0 Å². The fourth-order valence-corrected chi connectivity index (χ4v) is 3.50. The second kappa shape index (κ2) is 7.67. The molecule has 1 atom stereocenters. The third kappa shape index (κ3) is 4.00. The zero-order chi connectivity index (χ0) is 20.5. The van der Waals surface area contributed by atoms with E-state index in [1.807, 2.05) is 43.1 Å². The largest absolute Gasteiger partial charge is 0.368 e. The molecule has 1 saturated heterocycles. The Morgan fingerprint density at radius 2 is 2.03 bits per heavy atom. The topological polar surface area (TPSA) is 113 Å². The summed E-state index contributed by atoms with van der Waals surface area (Å²) in [6, 6.07) is 7.41. The van der Waals surface area contributed by atoms with Crippen LogP contribution in [0.1, 0.15) is 18.5 Å². The quantitative estimate of drug-likeness (QED) is 0.669. The number of nitrogens with one attached hydrogen (secondary N) is 1. The van der Waals surface area contributed by atoms with E-state index < -0.39 is 0 Å². The fraction of sp³-hybridized carbons (Fsp3) is 0.316. The summed E-state index contributed by atoms with van der Waals surface area (Å²) in [7, 11) is 1.81. The zero-order valence-electron chi connectivity index (χ0n) is 16.1. The lowest BCUT2D eigenvalue weighted by atomic mass is 10.0. The van der Waals surface area contributed by atoms with Crippen LogP contribution < -0.4 is 16.0 Å². The van der Waals surface area contributed by atoms with Gasteiger partial charge in [-0.1, -0.05) is 11.6 Å². The second-order valence-corrected chi connectivity index (χ2v) is 7.44. The molecular weight excluding hydrogens is 392 g/mol. The number of likely N-dealkylation sites (N-methyl/N-ethyl adjacent to an activating group) is 1. The molecule has 1 amide bonds. The van der Waals surface area contributed by atoms with Gasteiger partial charge in [0.2, 0.25) is 17.8 Å². The predicted octanol–water partition coefficient (Wildman–Crippen LogP) is 2.11. The molecule has 1 fully saturated rings. The molecule has 4 rings (SSSR count). The number of nitrogens with two attached hydrogens (primary N) is 1. The van der Waals surface area contributed by atoms with E-state index >= 15 is 0 Å². The number of benzene rings is 1.